The standard InChI is InChI=1S/C5H11N2O.2Rb/c8-4-5-3-6-1-2-7-5;;/h4-8H,1-3H2;;/q-1;2*+1. The average Bonchev–Trinajstić information content (AvgIpc) is 1.90. The number of nitrogens with one attached hydrogen (secondary N) is 2. The van der Waals surface area contributed by atoms with Crippen LogP contribution < -0.4 is 127 Å². The van der Waals surface area contributed by atoms with Gasteiger partial charge >= 0.3 is 116 Å². The summed E-state index contributed by atoms with van der Waals surface area (Å²) in [7, 11) is 0. The third kappa shape index (κ3) is 6.95. The first-order valence-corrected chi connectivity index (χ1v) is 2.85. The van der Waals surface area contributed by atoms with Gasteiger partial charge in [-0.2, -0.15) is 6.61 Å². The molecule has 1 saturated heterocycles. The Morgan fingerprint density at radius 3 is 2.30 bits per heavy atom. The molecule has 1 fully saturated rings. The molecule has 0 amide bonds. The van der Waals surface area contributed by atoms with Crippen molar-refractivity contribution in [3.05, 3.63) is 6.61 Å². The van der Waals surface area contributed by atoms with Crippen LogP contribution in [-0.2, 0) is 0 Å². The smallest absolute Gasteiger partial charge is 0.564 e. The van der Waals surface area contributed by atoms with Crippen molar-refractivity contribution < 1.29 is 121 Å². The third-order valence-electron chi connectivity index (χ3n) is 1.25. The van der Waals surface area contributed by atoms with Crippen molar-refractivity contribution >= 4 is 0 Å². The largest absolute Gasteiger partial charge is 1.00 e. The molecular formula is C5H11N2ORb2+. The molecule has 1 aliphatic rings. The molecule has 0 aliphatic carbocycles. The van der Waals surface area contributed by atoms with Gasteiger partial charge < -0.3 is 15.7 Å². The van der Waals surface area contributed by atoms with Gasteiger partial charge in [-0.1, -0.05) is 6.04 Å². The summed E-state index contributed by atoms with van der Waals surface area (Å²) >= 11 is 0. The molecule has 0 saturated carbocycles. The molecule has 1 atom stereocenters. The molecule has 0 bridgehead atoms. The average molecular weight is 286 g/mol. The Morgan fingerprint density at radius 2 is 2.00 bits per heavy atom. The Balaban J connectivity index is 0. The van der Waals surface area contributed by atoms with Crippen LogP contribution in [0.25, 0.3) is 0 Å². The quantitative estimate of drug-likeness (QED) is 0.420. The molecule has 5 heteroatoms. The molecule has 1 heterocycles. The minimum atomic E-state index is 0. The van der Waals surface area contributed by atoms with E-state index in [2.05, 4.69) is 10.6 Å². The predicted molar refractivity (Wildman–Crippen MR) is 30.9 cm³/mol. The zero-order valence-electron chi connectivity index (χ0n) is 6.72. The zero-order chi connectivity index (χ0) is 5.82. The number of aliphatic hydroxyl groups excluding tert-OH is 1. The molecule has 10 heavy (non-hydrogen) atoms. The Morgan fingerprint density at radius 1 is 1.30 bits per heavy atom. The number of rotatable bonds is 1. The van der Waals surface area contributed by atoms with Crippen molar-refractivity contribution in [2.75, 3.05) is 19.6 Å². The topological polar surface area (TPSA) is 44.3 Å². The van der Waals surface area contributed by atoms with Crippen LogP contribution >= 0.6 is 0 Å². The summed E-state index contributed by atoms with van der Waals surface area (Å²) in [4.78, 5) is 0. The van der Waals surface area contributed by atoms with Gasteiger partial charge in [-0.05, 0) is 6.54 Å². The van der Waals surface area contributed by atoms with E-state index in [0.29, 0.717) is 0 Å². The molecule has 0 aromatic carbocycles. The van der Waals surface area contributed by atoms with E-state index in [1.54, 1.807) is 0 Å². The number of hydrogen-bond acceptors (Lipinski definition) is 3. The van der Waals surface area contributed by atoms with Crippen molar-refractivity contribution in [2.24, 2.45) is 0 Å². The van der Waals surface area contributed by atoms with E-state index >= 15 is 0 Å². The number of hydrogen-bond donors (Lipinski definition) is 3. The molecular weight excluding hydrogens is 275 g/mol. The maximum absolute atomic E-state index is 8.46. The van der Waals surface area contributed by atoms with Crippen molar-refractivity contribution in [3.63, 3.8) is 0 Å². The van der Waals surface area contributed by atoms with Gasteiger partial charge in [0.15, 0.2) is 0 Å². The van der Waals surface area contributed by atoms with Gasteiger partial charge in [0, 0.05) is 13.1 Å². The fourth-order valence-electron chi connectivity index (χ4n) is 0.781. The van der Waals surface area contributed by atoms with Gasteiger partial charge in [-0.3, -0.25) is 0 Å². The van der Waals surface area contributed by atoms with Gasteiger partial charge in [0.05, 0.1) is 0 Å². The molecule has 0 aromatic heterocycles. The minimum Gasteiger partial charge on any atom is -0.564 e. The number of aliphatic hydroxyl groups is 1. The Bertz CT molecular complexity index is 68.7. The summed E-state index contributed by atoms with van der Waals surface area (Å²) in [6, 6.07) is 0.156. The molecule has 1 unspecified atom stereocenters. The van der Waals surface area contributed by atoms with Crippen LogP contribution in [0.2, 0.25) is 0 Å². The van der Waals surface area contributed by atoms with E-state index in [1.165, 1.54) is 6.61 Å². The van der Waals surface area contributed by atoms with Crippen LogP contribution in [0.1, 0.15) is 0 Å². The van der Waals surface area contributed by atoms with E-state index < -0.39 is 0 Å². The number of piperazine rings is 1. The van der Waals surface area contributed by atoms with Gasteiger partial charge in [0.2, 0.25) is 0 Å². The van der Waals surface area contributed by atoms with Gasteiger partial charge in [0.25, 0.3) is 0 Å². The first kappa shape index (κ1) is 15.9. The van der Waals surface area contributed by atoms with E-state index in [0.717, 1.165) is 19.6 Å². The van der Waals surface area contributed by atoms with Crippen molar-refractivity contribution in [1.29, 1.82) is 0 Å². The zero-order valence-corrected chi connectivity index (χ0v) is 16.6. The van der Waals surface area contributed by atoms with Crippen LogP contribution in [0.3, 0.4) is 0 Å². The molecule has 0 aromatic rings. The second-order valence-electron chi connectivity index (χ2n) is 1.91. The third-order valence-corrected chi connectivity index (χ3v) is 1.25. The van der Waals surface area contributed by atoms with Gasteiger partial charge in [0.1, 0.15) is 0 Å². The predicted octanol–water partition coefficient (Wildman–Crippen LogP) is -6.91. The Hall–Kier alpha value is 3.49. The second kappa shape index (κ2) is 10.6. The summed E-state index contributed by atoms with van der Waals surface area (Å²) in [6.07, 6.45) is 0. The molecule has 0 spiro atoms. The van der Waals surface area contributed by atoms with E-state index in [-0.39, 0.29) is 122 Å². The SMILES string of the molecule is O[CH-]C1CNCCN1.[Rb+].[Rb+]. The normalized spacial score (nSPS) is 24.3. The van der Waals surface area contributed by atoms with Crippen LogP contribution in [0, 0.1) is 6.61 Å². The van der Waals surface area contributed by atoms with Crippen molar-refractivity contribution in [3.8, 4) is 0 Å². The first-order valence-electron chi connectivity index (χ1n) is 2.85. The summed E-state index contributed by atoms with van der Waals surface area (Å²) in [6.45, 7) is 3.98. The van der Waals surface area contributed by atoms with Crippen molar-refractivity contribution in [2.45, 2.75) is 6.04 Å². The monoisotopic (exact) mass is 285 g/mol. The fourth-order valence-corrected chi connectivity index (χ4v) is 0.781. The maximum Gasteiger partial charge on any atom is 1.00 e. The summed E-state index contributed by atoms with van der Waals surface area (Å²) < 4.78 is 0. The summed E-state index contributed by atoms with van der Waals surface area (Å²) in [5.41, 5.74) is 0. The molecule has 0 radical (unpaired) electrons. The van der Waals surface area contributed by atoms with Crippen LogP contribution in [0.4, 0.5) is 0 Å². The second-order valence-corrected chi connectivity index (χ2v) is 1.91. The summed E-state index contributed by atoms with van der Waals surface area (Å²) in [5, 5.41) is 14.7. The van der Waals surface area contributed by atoms with Gasteiger partial charge in [-0.15, -0.1) is 0 Å². The van der Waals surface area contributed by atoms with E-state index in [4.69, 9.17) is 5.11 Å². The van der Waals surface area contributed by atoms with Crippen molar-refractivity contribution in [1.82, 2.24) is 10.6 Å². The molecule has 1 rings (SSSR count). The van der Waals surface area contributed by atoms with Gasteiger partial charge in [-0.25, -0.2) is 0 Å². The molecule has 3 nitrogen and oxygen atoms in total. The van der Waals surface area contributed by atoms with E-state index in [9.17, 15) is 0 Å². The van der Waals surface area contributed by atoms with Crippen LogP contribution in [0.15, 0.2) is 0 Å². The fraction of sp³-hybridized carbons (Fsp3) is 0.800. The van der Waals surface area contributed by atoms with Crippen LogP contribution in [-0.4, -0.2) is 30.8 Å². The molecule has 1 aliphatic heterocycles. The van der Waals surface area contributed by atoms with E-state index in [1.807, 2.05) is 0 Å². The molecule has 48 valence electrons. The first-order chi connectivity index (χ1) is 3.93. The Labute approximate surface area is 160 Å². The minimum absolute atomic E-state index is 0. The van der Waals surface area contributed by atoms with Crippen LogP contribution in [0.5, 0.6) is 0 Å². The molecule has 3 N–H and O–H groups in total. The maximum atomic E-state index is 8.46. The summed E-state index contributed by atoms with van der Waals surface area (Å²) in [5.74, 6) is 0. The Kier molecular flexibility index (Phi) is 16.9.